The quantitative estimate of drug-likeness (QED) is 0.863. The first-order valence-corrected chi connectivity index (χ1v) is 8.32. The molecule has 0 atom stereocenters. The van der Waals surface area contributed by atoms with E-state index in [1.54, 1.807) is 6.92 Å². The third-order valence-corrected chi connectivity index (χ3v) is 3.86. The Morgan fingerprint density at radius 1 is 1.27 bits per heavy atom. The highest BCUT2D eigenvalue weighted by molar-refractivity contribution is 7.92. The van der Waals surface area contributed by atoms with E-state index < -0.39 is 39.9 Å². The lowest BCUT2D eigenvalue weighted by Gasteiger charge is -2.25. The number of nitrogens with one attached hydrogen (secondary N) is 1. The predicted molar refractivity (Wildman–Crippen MR) is 76.9 cm³/mol. The molecule has 0 aliphatic rings. The monoisotopic (exact) mass is 338 g/mol. The molecule has 0 aromatic heterocycles. The van der Waals surface area contributed by atoms with Gasteiger partial charge in [-0.2, -0.15) is 13.2 Å². The van der Waals surface area contributed by atoms with Gasteiger partial charge in [0, 0.05) is 6.54 Å². The minimum absolute atomic E-state index is 0.317. The number of sulfonamides is 1. The summed E-state index contributed by atoms with van der Waals surface area (Å²) >= 11 is 0. The zero-order chi connectivity index (χ0) is 17.0. The minimum Gasteiger partial charge on any atom is -0.355 e. The third kappa shape index (κ3) is 4.90. The second kappa shape index (κ2) is 6.99. The van der Waals surface area contributed by atoms with Crippen molar-refractivity contribution in [1.29, 1.82) is 0 Å². The topological polar surface area (TPSA) is 66.5 Å². The summed E-state index contributed by atoms with van der Waals surface area (Å²) in [5.41, 5.74) is -1.67. The van der Waals surface area contributed by atoms with Crippen molar-refractivity contribution < 1.29 is 26.4 Å². The van der Waals surface area contributed by atoms with Crippen LogP contribution in [0, 0.1) is 0 Å². The van der Waals surface area contributed by atoms with E-state index in [-0.39, 0.29) is 0 Å². The van der Waals surface area contributed by atoms with Crippen LogP contribution in [0.1, 0.15) is 18.9 Å². The summed E-state index contributed by atoms with van der Waals surface area (Å²) in [6, 6.07) is 4.24. The lowest BCUT2D eigenvalue weighted by molar-refractivity contribution is -0.137. The maximum atomic E-state index is 13.0. The minimum atomic E-state index is -4.72. The van der Waals surface area contributed by atoms with Crippen LogP contribution in [0.3, 0.4) is 0 Å². The Bertz CT molecular complexity index is 630. The van der Waals surface area contributed by atoms with Gasteiger partial charge in [-0.25, -0.2) is 8.42 Å². The molecule has 0 heterocycles. The molecule has 0 bridgehead atoms. The molecule has 1 rings (SSSR count). The van der Waals surface area contributed by atoms with Crippen LogP contribution < -0.4 is 9.62 Å². The first-order chi connectivity index (χ1) is 10.1. The van der Waals surface area contributed by atoms with Gasteiger partial charge < -0.3 is 5.32 Å². The fraction of sp³-hybridized carbons (Fsp3) is 0.462. The van der Waals surface area contributed by atoms with E-state index in [9.17, 15) is 26.4 Å². The van der Waals surface area contributed by atoms with E-state index in [2.05, 4.69) is 5.32 Å². The van der Waals surface area contributed by atoms with E-state index in [4.69, 9.17) is 0 Å². The number of hydrogen-bond donors (Lipinski definition) is 1. The van der Waals surface area contributed by atoms with Gasteiger partial charge in [-0.15, -0.1) is 0 Å². The number of hydrogen-bond acceptors (Lipinski definition) is 3. The van der Waals surface area contributed by atoms with Crippen LogP contribution in [0.4, 0.5) is 18.9 Å². The Hall–Kier alpha value is -1.77. The molecular formula is C13H17F3N2O3S. The fourth-order valence-corrected chi connectivity index (χ4v) is 2.63. The van der Waals surface area contributed by atoms with E-state index in [1.165, 1.54) is 6.07 Å². The molecule has 0 radical (unpaired) electrons. The molecule has 0 unspecified atom stereocenters. The van der Waals surface area contributed by atoms with E-state index in [0.717, 1.165) is 24.5 Å². The highest BCUT2D eigenvalue weighted by Gasteiger charge is 2.36. The van der Waals surface area contributed by atoms with Crippen molar-refractivity contribution in [3.05, 3.63) is 29.8 Å². The van der Waals surface area contributed by atoms with Crippen LogP contribution in [-0.2, 0) is 21.0 Å². The van der Waals surface area contributed by atoms with Crippen molar-refractivity contribution >= 4 is 21.6 Å². The second-order valence-electron chi connectivity index (χ2n) is 4.63. The summed E-state index contributed by atoms with van der Waals surface area (Å²) in [4.78, 5) is 11.7. The van der Waals surface area contributed by atoms with E-state index in [1.807, 2.05) is 0 Å². The van der Waals surface area contributed by atoms with Crippen LogP contribution in [0.5, 0.6) is 0 Å². The van der Waals surface area contributed by atoms with Gasteiger partial charge in [0.2, 0.25) is 15.9 Å². The number of amides is 1. The Balaban J connectivity index is 3.23. The number of carbonyl (C=O) groups is 1. The normalized spacial score (nSPS) is 12.0. The van der Waals surface area contributed by atoms with Gasteiger partial charge in [0.05, 0.1) is 17.5 Å². The highest BCUT2D eigenvalue weighted by atomic mass is 32.2. The Morgan fingerprint density at radius 2 is 1.86 bits per heavy atom. The van der Waals surface area contributed by atoms with Crippen LogP contribution >= 0.6 is 0 Å². The molecule has 1 aromatic rings. The molecule has 0 saturated heterocycles. The second-order valence-corrected chi connectivity index (χ2v) is 6.54. The van der Waals surface area contributed by atoms with Crippen molar-refractivity contribution in [2.24, 2.45) is 0 Å². The number of nitrogens with zero attached hydrogens (tertiary/aromatic N) is 1. The summed E-state index contributed by atoms with van der Waals surface area (Å²) in [5, 5.41) is 2.44. The Labute approximate surface area is 127 Å². The molecule has 0 fully saturated rings. The Morgan fingerprint density at radius 3 is 2.36 bits per heavy atom. The van der Waals surface area contributed by atoms with E-state index >= 15 is 0 Å². The summed E-state index contributed by atoms with van der Waals surface area (Å²) in [7, 11) is -4.05. The number of alkyl halides is 3. The zero-order valence-electron chi connectivity index (χ0n) is 12.1. The molecule has 0 aliphatic carbocycles. The molecule has 1 N–H and O–H groups in total. The molecule has 0 spiro atoms. The van der Waals surface area contributed by atoms with Gasteiger partial charge in [0.1, 0.15) is 6.54 Å². The van der Waals surface area contributed by atoms with Crippen LogP contribution in [-0.4, -0.2) is 33.7 Å². The van der Waals surface area contributed by atoms with Gasteiger partial charge in [-0.05, 0) is 18.6 Å². The predicted octanol–water partition coefficient (Wildman–Crippen LogP) is 2.00. The zero-order valence-corrected chi connectivity index (χ0v) is 13.0. The maximum absolute atomic E-state index is 13.0. The van der Waals surface area contributed by atoms with Gasteiger partial charge in [0.15, 0.2) is 0 Å². The number of para-hydroxylation sites is 1. The molecule has 0 aliphatic heterocycles. The molecular weight excluding hydrogens is 321 g/mol. The first kappa shape index (κ1) is 18.3. The van der Waals surface area contributed by atoms with Crippen molar-refractivity contribution in [2.45, 2.75) is 19.5 Å². The van der Waals surface area contributed by atoms with Crippen LogP contribution in [0.25, 0.3) is 0 Å². The van der Waals surface area contributed by atoms with Crippen LogP contribution in [0.15, 0.2) is 24.3 Å². The first-order valence-electron chi connectivity index (χ1n) is 6.48. The maximum Gasteiger partial charge on any atom is 0.418 e. The molecule has 9 heteroatoms. The summed E-state index contributed by atoms with van der Waals surface area (Å²) < 4.78 is 63.1. The molecule has 1 aromatic carbocycles. The van der Waals surface area contributed by atoms with Crippen molar-refractivity contribution in [1.82, 2.24) is 5.32 Å². The SMILES string of the molecule is CCCNC(=O)CN(c1ccccc1C(F)(F)F)S(C)(=O)=O. The average Bonchev–Trinajstić information content (AvgIpc) is 2.40. The van der Waals surface area contributed by atoms with Crippen molar-refractivity contribution in [3.8, 4) is 0 Å². The number of benzene rings is 1. The van der Waals surface area contributed by atoms with Gasteiger partial charge >= 0.3 is 6.18 Å². The lowest BCUT2D eigenvalue weighted by Crippen LogP contribution is -2.41. The lowest BCUT2D eigenvalue weighted by atomic mass is 10.1. The number of halogens is 3. The highest BCUT2D eigenvalue weighted by Crippen LogP contribution is 2.37. The summed E-state index contributed by atoms with van der Waals surface area (Å²) in [6.07, 6.45) is -3.34. The van der Waals surface area contributed by atoms with E-state index in [0.29, 0.717) is 17.3 Å². The van der Waals surface area contributed by atoms with Gasteiger partial charge in [-0.1, -0.05) is 19.1 Å². The Kier molecular flexibility index (Phi) is 5.81. The molecule has 124 valence electrons. The fourth-order valence-electron chi connectivity index (χ4n) is 1.76. The standard InChI is InChI=1S/C13H17F3N2O3S/c1-3-8-17-12(19)9-18(22(2,20)21)11-7-5-4-6-10(11)13(14,15)16/h4-7H,3,8-9H2,1-2H3,(H,17,19). The van der Waals surface area contributed by atoms with Gasteiger partial charge in [0.25, 0.3) is 0 Å². The third-order valence-electron chi connectivity index (χ3n) is 2.74. The number of carbonyl (C=O) groups excluding carboxylic acids is 1. The molecule has 1 amide bonds. The van der Waals surface area contributed by atoms with Crippen LogP contribution in [0.2, 0.25) is 0 Å². The largest absolute Gasteiger partial charge is 0.418 e. The van der Waals surface area contributed by atoms with Crippen molar-refractivity contribution in [3.63, 3.8) is 0 Å². The molecule has 5 nitrogen and oxygen atoms in total. The summed E-state index contributed by atoms with van der Waals surface area (Å²) in [5.74, 6) is -0.663. The summed E-state index contributed by atoms with van der Waals surface area (Å²) in [6.45, 7) is 1.41. The number of anilines is 1. The van der Waals surface area contributed by atoms with Gasteiger partial charge in [-0.3, -0.25) is 9.10 Å². The molecule has 0 saturated carbocycles. The van der Waals surface area contributed by atoms with Crippen molar-refractivity contribution in [2.75, 3.05) is 23.7 Å². The molecule has 22 heavy (non-hydrogen) atoms. The average molecular weight is 338 g/mol. The number of rotatable bonds is 6. The smallest absolute Gasteiger partial charge is 0.355 e.